The first-order valence-corrected chi connectivity index (χ1v) is 19.9. The van der Waals surface area contributed by atoms with Crippen molar-refractivity contribution in [3.05, 3.63) is 0 Å². The van der Waals surface area contributed by atoms with Crippen molar-refractivity contribution in [3.8, 4) is 0 Å². The Balaban J connectivity index is 5.96. The van der Waals surface area contributed by atoms with Crippen molar-refractivity contribution in [1.82, 2.24) is 4.00 Å². The van der Waals surface area contributed by atoms with E-state index in [2.05, 4.69) is 69.8 Å². The monoisotopic (exact) mass is 342 g/mol. The van der Waals surface area contributed by atoms with E-state index in [4.69, 9.17) is 15.7 Å². The Morgan fingerprint density at radius 2 is 1.22 bits per heavy atom. The normalized spacial score (nSPS) is 17.8. The molecule has 0 aliphatic heterocycles. The smallest absolute Gasteiger partial charge is 0.173 e. The van der Waals surface area contributed by atoms with Crippen LogP contribution in [0.3, 0.4) is 0 Å². The van der Waals surface area contributed by atoms with E-state index < -0.39 is 31.3 Å². The molecular formula is C11H32ClN2PSi3. The van der Waals surface area contributed by atoms with E-state index in [1.807, 2.05) is 0 Å². The molecule has 0 amide bonds. The van der Waals surface area contributed by atoms with E-state index in [1.165, 1.54) is 0 Å². The molecule has 110 valence electrons. The summed E-state index contributed by atoms with van der Waals surface area (Å²) in [5.41, 5.74) is 0. The summed E-state index contributed by atoms with van der Waals surface area (Å²) in [4.78, 5) is 0. The van der Waals surface area contributed by atoms with Crippen molar-refractivity contribution in [2.24, 2.45) is 4.41 Å². The highest BCUT2D eigenvalue weighted by Gasteiger charge is 2.43. The van der Waals surface area contributed by atoms with E-state index >= 15 is 0 Å². The molecule has 0 saturated carbocycles. The lowest BCUT2D eigenvalue weighted by Gasteiger charge is -2.49. The minimum Gasteiger partial charge on any atom is -0.313 e. The third-order valence-corrected chi connectivity index (χ3v) is 22.2. The largest absolute Gasteiger partial charge is 0.313 e. The second-order valence-corrected chi connectivity index (χ2v) is 27.7. The average Bonchev–Trinajstić information content (AvgIpc) is 1.93. The lowest BCUT2D eigenvalue weighted by Crippen LogP contribution is -2.56. The number of rotatable bonds is 5. The minimum absolute atomic E-state index is 1.01. The predicted molar refractivity (Wildman–Crippen MR) is 97.6 cm³/mol. The van der Waals surface area contributed by atoms with Crippen molar-refractivity contribution < 1.29 is 0 Å². The summed E-state index contributed by atoms with van der Waals surface area (Å²) >= 11 is 7.12. The van der Waals surface area contributed by atoms with Crippen LogP contribution in [0.5, 0.6) is 0 Å². The van der Waals surface area contributed by atoms with Gasteiger partial charge in [0.25, 0.3) is 0 Å². The maximum absolute atomic E-state index is 7.12. The van der Waals surface area contributed by atoms with Gasteiger partial charge in [0.2, 0.25) is 0 Å². The van der Waals surface area contributed by atoms with Crippen LogP contribution in [0.15, 0.2) is 4.41 Å². The fraction of sp³-hybridized carbons (Fsp3) is 1.00. The van der Waals surface area contributed by atoms with Crippen LogP contribution in [0, 0.1) is 0 Å². The van der Waals surface area contributed by atoms with Crippen molar-refractivity contribution in [1.29, 1.82) is 0 Å². The van der Waals surface area contributed by atoms with Crippen LogP contribution in [-0.4, -0.2) is 34.9 Å². The molecule has 0 aliphatic rings. The van der Waals surface area contributed by atoms with E-state index in [0.717, 1.165) is 6.16 Å². The first kappa shape index (κ1) is 19.1. The topological polar surface area (TPSA) is 15.6 Å². The zero-order valence-corrected chi connectivity index (χ0v) is 18.6. The Bertz CT molecular complexity index is 326. The first-order chi connectivity index (χ1) is 7.63. The zero-order chi connectivity index (χ0) is 15.0. The van der Waals surface area contributed by atoms with Crippen molar-refractivity contribution >= 4 is 42.5 Å². The Kier molecular flexibility index (Phi) is 6.23. The van der Waals surface area contributed by atoms with Crippen LogP contribution in [0.25, 0.3) is 0 Å². The summed E-state index contributed by atoms with van der Waals surface area (Å²) in [6.07, 6.45) is 1.01. The van der Waals surface area contributed by atoms with Gasteiger partial charge in [-0.05, 0) is 19.6 Å². The molecule has 0 bridgehead atoms. The molecule has 0 heterocycles. The molecule has 0 aromatic rings. The second-order valence-electron chi connectivity index (χ2n) is 7.88. The molecule has 0 aromatic carbocycles. The number of hydrogen-bond acceptors (Lipinski definition) is 1. The Labute approximate surface area is 123 Å². The molecule has 1 unspecified atom stereocenters. The Morgan fingerprint density at radius 1 is 0.889 bits per heavy atom. The standard InChI is InChI=1S/C11H32ClN2PSi3/c1-11-15(12,13-16(2,3)4)14(17(5,6)7)18(8,9)10/h11H2,1-10H3. The summed E-state index contributed by atoms with van der Waals surface area (Å²) in [6.45, 7) is 21.8. The van der Waals surface area contributed by atoms with Gasteiger partial charge in [0.1, 0.15) is 16.5 Å². The van der Waals surface area contributed by atoms with Gasteiger partial charge in [-0.15, -0.1) is 0 Å². The molecule has 0 aliphatic carbocycles. The fourth-order valence-corrected chi connectivity index (χ4v) is 30.7. The molecule has 0 saturated heterocycles. The van der Waals surface area contributed by atoms with Gasteiger partial charge in [-0.3, -0.25) is 0 Å². The molecule has 0 radical (unpaired) electrons. The summed E-state index contributed by atoms with van der Waals surface area (Å²) in [5, 5.41) is 0. The quantitative estimate of drug-likeness (QED) is 0.436. The Morgan fingerprint density at radius 3 is 1.39 bits per heavy atom. The molecule has 7 heteroatoms. The molecule has 0 aromatic heterocycles. The molecule has 0 spiro atoms. The van der Waals surface area contributed by atoms with E-state index in [1.54, 1.807) is 0 Å². The number of hydrogen-bond donors (Lipinski definition) is 0. The summed E-state index contributed by atoms with van der Waals surface area (Å²) in [6, 6.07) is 0. The summed E-state index contributed by atoms with van der Waals surface area (Å²) in [7, 11) is -4.36. The van der Waals surface area contributed by atoms with Gasteiger partial charge in [-0.1, -0.05) is 57.4 Å². The lowest BCUT2D eigenvalue weighted by atomic mass is 11.0. The molecule has 1 atom stereocenters. The lowest BCUT2D eigenvalue weighted by molar-refractivity contribution is 0.963. The third-order valence-electron chi connectivity index (χ3n) is 2.43. The highest BCUT2D eigenvalue weighted by molar-refractivity contribution is 7.92. The predicted octanol–water partition coefficient (Wildman–Crippen LogP) is 6.08. The highest BCUT2D eigenvalue weighted by Crippen LogP contribution is 2.63. The van der Waals surface area contributed by atoms with Crippen LogP contribution in [0.4, 0.5) is 0 Å². The zero-order valence-electron chi connectivity index (χ0n) is 13.9. The van der Waals surface area contributed by atoms with Gasteiger partial charge >= 0.3 is 0 Å². The molecule has 0 N–H and O–H groups in total. The maximum Gasteiger partial charge on any atom is 0.173 e. The van der Waals surface area contributed by atoms with Crippen LogP contribution in [0.1, 0.15) is 6.92 Å². The Hall–Kier alpha value is 1.13. The first-order valence-electron chi connectivity index (χ1n) is 6.76. The summed E-state index contributed by atoms with van der Waals surface area (Å²) in [5.74, 6) is 0. The SMILES string of the molecule is CCP(Cl)(=N[Si](C)(C)C)N([Si](C)(C)C)[Si](C)(C)C. The van der Waals surface area contributed by atoms with Crippen molar-refractivity contribution in [2.75, 3.05) is 6.16 Å². The van der Waals surface area contributed by atoms with Crippen molar-refractivity contribution in [3.63, 3.8) is 0 Å². The van der Waals surface area contributed by atoms with E-state index in [9.17, 15) is 0 Å². The number of halogens is 1. The van der Waals surface area contributed by atoms with Crippen LogP contribution < -0.4 is 0 Å². The van der Waals surface area contributed by atoms with E-state index in [0.29, 0.717) is 0 Å². The fourth-order valence-electron chi connectivity index (χ4n) is 2.64. The van der Waals surface area contributed by atoms with Gasteiger partial charge in [-0.25, -0.2) is 0 Å². The second kappa shape index (κ2) is 5.86. The molecule has 0 rings (SSSR count). The van der Waals surface area contributed by atoms with Gasteiger partial charge in [0, 0.05) is 6.16 Å². The van der Waals surface area contributed by atoms with Crippen LogP contribution >= 0.6 is 17.8 Å². The van der Waals surface area contributed by atoms with Crippen LogP contribution in [0.2, 0.25) is 58.9 Å². The maximum atomic E-state index is 7.12. The molecule has 0 fully saturated rings. The van der Waals surface area contributed by atoms with Crippen LogP contribution in [-0.2, 0) is 0 Å². The van der Waals surface area contributed by atoms with Gasteiger partial charge in [-0.2, -0.15) is 0 Å². The van der Waals surface area contributed by atoms with E-state index in [-0.39, 0.29) is 0 Å². The number of nitrogens with zero attached hydrogens (tertiary/aromatic N) is 2. The third kappa shape index (κ3) is 5.63. The molecule has 18 heavy (non-hydrogen) atoms. The van der Waals surface area contributed by atoms with Crippen molar-refractivity contribution in [2.45, 2.75) is 65.8 Å². The van der Waals surface area contributed by atoms with Gasteiger partial charge in [0.05, 0.1) is 6.56 Å². The highest BCUT2D eigenvalue weighted by atomic mass is 35.7. The molecular weight excluding hydrogens is 311 g/mol. The molecule has 2 nitrogen and oxygen atoms in total. The minimum atomic E-state index is -1.81. The van der Waals surface area contributed by atoms with Gasteiger partial charge < -0.3 is 8.41 Å². The van der Waals surface area contributed by atoms with Gasteiger partial charge in [0.15, 0.2) is 8.24 Å². The average molecular weight is 343 g/mol. The summed E-state index contributed by atoms with van der Waals surface area (Å²) < 4.78 is 7.95.